The Hall–Kier alpha value is -3.18. The predicted octanol–water partition coefficient (Wildman–Crippen LogP) is 2.74. The number of rotatable bonds is 5. The molecule has 2 aromatic carbocycles. The fraction of sp³-hybridized carbons (Fsp3) is 0.158. The van der Waals surface area contributed by atoms with Gasteiger partial charge in [-0.3, -0.25) is 4.79 Å². The molecule has 1 heterocycles. The fourth-order valence-corrected chi connectivity index (χ4v) is 3.27. The fourth-order valence-electron chi connectivity index (χ4n) is 2.75. The molecule has 0 bridgehead atoms. The highest BCUT2D eigenvalue weighted by Crippen LogP contribution is 2.30. The monoisotopic (exact) mass is 438 g/mol. The zero-order valence-electron chi connectivity index (χ0n) is 15.7. The SMILES string of the molecule is CN(C(=O)Cc1cc(C(F)(F)F)nn1-c1ccc(S(N)(=O)=O)cc1)c1ccccc1. The summed E-state index contributed by atoms with van der Waals surface area (Å²) in [5.74, 6) is -0.447. The molecule has 0 saturated carbocycles. The summed E-state index contributed by atoms with van der Waals surface area (Å²) in [5.41, 5.74) is -0.424. The van der Waals surface area contributed by atoms with Crippen LogP contribution in [0.5, 0.6) is 0 Å². The maximum atomic E-state index is 13.2. The molecule has 0 unspecified atom stereocenters. The molecule has 2 N–H and O–H groups in total. The number of amides is 1. The molecule has 1 amide bonds. The molecule has 0 spiro atoms. The smallest absolute Gasteiger partial charge is 0.315 e. The van der Waals surface area contributed by atoms with Crippen molar-refractivity contribution in [3.63, 3.8) is 0 Å². The van der Waals surface area contributed by atoms with Gasteiger partial charge < -0.3 is 4.90 Å². The number of likely N-dealkylation sites (N-methyl/N-ethyl adjacent to an activating group) is 1. The van der Waals surface area contributed by atoms with E-state index in [4.69, 9.17) is 5.14 Å². The number of hydrogen-bond acceptors (Lipinski definition) is 4. The first-order valence-corrected chi connectivity index (χ1v) is 10.1. The van der Waals surface area contributed by atoms with Crippen molar-refractivity contribution >= 4 is 21.6 Å². The van der Waals surface area contributed by atoms with Crippen molar-refractivity contribution in [3.8, 4) is 5.69 Å². The van der Waals surface area contributed by atoms with Crippen LogP contribution < -0.4 is 10.0 Å². The Morgan fingerprint density at radius 3 is 2.23 bits per heavy atom. The molecule has 0 atom stereocenters. The van der Waals surface area contributed by atoms with E-state index in [1.807, 2.05) is 0 Å². The minimum absolute atomic E-state index is 0.00142. The minimum atomic E-state index is -4.71. The van der Waals surface area contributed by atoms with Gasteiger partial charge in [0.05, 0.1) is 22.7 Å². The molecule has 158 valence electrons. The lowest BCUT2D eigenvalue weighted by Gasteiger charge is -2.17. The van der Waals surface area contributed by atoms with E-state index in [1.54, 1.807) is 30.3 Å². The Bertz CT molecular complexity index is 1160. The Morgan fingerprint density at radius 2 is 1.70 bits per heavy atom. The number of halogens is 3. The van der Waals surface area contributed by atoms with Crippen LogP contribution in [0.3, 0.4) is 0 Å². The average Bonchev–Trinajstić information content (AvgIpc) is 3.11. The van der Waals surface area contributed by atoms with Gasteiger partial charge in [-0.1, -0.05) is 18.2 Å². The van der Waals surface area contributed by atoms with Gasteiger partial charge in [0.2, 0.25) is 15.9 Å². The van der Waals surface area contributed by atoms with E-state index in [0.29, 0.717) is 5.69 Å². The van der Waals surface area contributed by atoms with E-state index in [2.05, 4.69) is 5.10 Å². The molecule has 11 heteroatoms. The van der Waals surface area contributed by atoms with Crippen LogP contribution in [0.4, 0.5) is 18.9 Å². The summed E-state index contributed by atoms with van der Waals surface area (Å²) in [4.78, 5) is 13.8. The third kappa shape index (κ3) is 4.69. The lowest BCUT2D eigenvalue weighted by Crippen LogP contribution is -2.28. The van der Waals surface area contributed by atoms with Crippen LogP contribution in [-0.2, 0) is 27.4 Å². The van der Waals surface area contributed by atoms with Crippen LogP contribution in [0.1, 0.15) is 11.4 Å². The molecule has 0 aliphatic heterocycles. The molecule has 7 nitrogen and oxygen atoms in total. The molecule has 0 aliphatic carbocycles. The maximum absolute atomic E-state index is 13.2. The van der Waals surface area contributed by atoms with Crippen LogP contribution in [0.25, 0.3) is 5.69 Å². The number of hydrogen-bond donors (Lipinski definition) is 1. The molecular weight excluding hydrogens is 421 g/mol. The number of carbonyl (C=O) groups is 1. The zero-order valence-corrected chi connectivity index (χ0v) is 16.5. The molecular formula is C19H17F3N4O3S. The number of para-hydroxylation sites is 1. The number of nitrogens with zero attached hydrogens (tertiary/aromatic N) is 3. The van der Waals surface area contributed by atoms with Crippen molar-refractivity contribution in [2.45, 2.75) is 17.5 Å². The highest BCUT2D eigenvalue weighted by atomic mass is 32.2. The predicted molar refractivity (Wildman–Crippen MR) is 103 cm³/mol. The number of aromatic nitrogens is 2. The number of carbonyl (C=O) groups excluding carboxylic acids is 1. The van der Waals surface area contributed by atoms with Crippen molar-refractivity contribution in [3.05, 3.63) is 72.1 Å². The lowest BCUT2D eigenvalue weighted by atomic mass is 10.2. The summed E-state index contributed by atoms with van der Waals surface area (Å²) in [5, 5.41) is 8.61. The van der Waals surface area contributed by atoms with Crippen LogP contribution in [0.15, 0.2) is 65.6 Å². The highest BCUT2D eigenvalue weighted by molar-refractivity contribution is 7.89. The number of nitrogens with two attached hydrogens (primary N) is 1. The molecule has 0 radical (unpaired) electrons. The largest absolute Gasteiger partial charge is 0.435 e. The molecule has 0 aliphatic rings. The van der Waals surface area contributed by atoms with Gasteiger partial charge in [-0.15, -0.1) is 0 Å². The summed E-state index contributed by atoms with van der Waals surface area (Å²) in [7, 11) is -2.44. The second kappa shape index (κ2) is 7.92. The minimum Gasteiger partial charge on any atom is -0.315 e. The third-order valence-electron chi connectivity index (χ3n) is 4.33. The quantitative estimate of drug-likeness (QED) is 0.662. The normalized spacial score (nSPS) is 12.0. The van der Waals surface area contributed by atoms with E-state index < -0.39 is 27.8 Å². The van der Waals surface area contributed by atoms with Crippen molar-refractivity contribution in [2.24, 2.45) is 5.14 Å². The highest BCUT2D eigenvalue weighted by Gasteiger charge is 2.35. The zero-order chi connectivity index (χ0) is 22.1. The number of primary sulfonamides is 1. The Balaban J connectivity index is 1.97. The lowest BCUT2D eigenvalue weighted by molar-refractivity contribution is -0.141. The van der Waals surface area contributed by atoms with Gasteiger partial charge >= 0.3 is 6.18 Å². The first kappa shape index (κ1) is 21.5. The topological polar surface area (TPSA) is 98.3 Å². The van der Waals surface area contributed by atoms with Crippen molar-refractivity contribution in [1.29, 1.82) is 0 Å². The molecule has 0 saturated heterocycles. The van der Waals surface area contributed by atoms with Gasteiger partial charge in [0, 0.05) is 12.7 Å². The summed E-state index contributed by atoms with van der Waals surface area (Å²) < 4.78 is 63.4. The van der Waals surface area contributed by atoms with Gasteiger partial charge in [0.25, 0.3) is 0 Å². The number of anilines is 1. The summed E-state index contributed by atoms with van der Waals surface area (Å²) >= 11 is 0. The Morgan fingerprint density at radius 1 is 1.10 bits per heavy atom. The van der Waals surface area contributed by atoms with E-state index in [9.17, 15) is 26.4 Å². The van der Waals surface area contributed by atoms with E-state index in [-0.39, 0.29) is 22.7 Å². The van der Waals surface area contributed by atoms with Crippen LogP contribution in [0.2, 0.25) is 0 Å². The second-order valence-corrected chi connectivity index (χ2v) is 8.00. The van der Waals surface area contributed by atoms with Crippen LogP contribution >= 0.6 is 0 Å². The first-order chi connectivity index (χ1) is 14.0. The molecule has 30 heavy (non-hydrogen) atoms. The summed E-state index contributed by atoms with van der Waals surface area (Å²) in [6.45, 7) is 0. The first-order valence-electron chi connectivity index (χ1n) is 8.58. The van der Waals surface area contributed by atoms with Crippen LogP contribution in [0, 0.1) is 0 Å². The van der Waals surface area contributed by atoms with Gasteiger partial charge in [-0.05, 0) is 42.5 Å². The van der Waals surface area contributed by atoms with Crippen LogP contribution in [-0.4, -0.2) is 31.2 Å². The third-order valence-corrected chi connectivity index (χ3v) is 5.26. The second-order valence-electron chi connectivity index (χ2n) is 6.43. The van der Waals surface area contributed by atoms with Crippen molar-refractivity contribution in [2.75, 3.05) is 11.9 Å². The summed E-state index contributed by atoms with van der Waals surface area (Å²) in [6.07, 6.45) is -5.07. The van der Waals surface area contributed by atoms with Gasteiger partial charge in [-0.2, -0.15) is 18.3 Å². The molecule has 3 aromatic rings. The molecule has 3 rings (SSSR count). The van der Waals surface area contributed by atoms with E-state index in [1.165, 1.54) is 24.1 Å². The number of sulfonamides is 1. The van der Waals surface area contributed by atoms with E-state index in [0.717, 1.165) is 22.9 Å². The Labute approximate surface area is 170 Å². The van der Waals surface area contributed by atoms with Crippen molar-refractivity contribution in [1.82, 2.24) is 9.78 Å². The van der Waals surface area contributed by atoms with E-state index >= 15 is 0 Å². The summed E-state index contributed by atoms with van der Waals surface area (Å²) in [6, 6.07) is 14.3. The standard InChI is InChI=1S/C19H17F3N4O3S/c1-25(13-5-3-2-4-6-13)18(27)12-15-11-17(19(20,21)22)24-26(15)14-7-9-16(10-8-14)30(23,28)29/h2-11H,12H2,1H3,(H2,23,28,29). The van der Waals surface area contributed by atoms with Crippen molar-refractivity contribution < 1.29 is 26.4 Å². The number of alkyl halides is 3. The number of benzene rings is 2. The van der Waals surface area contributed by atoms with Gasteiger partial charge in [-0.25, -0.2) is 18.2 Å². The molecule has 1 aromatic heterocycles. The van der Waals surface area contributed by atoms with Gasteiger partial charge in [0.15, 0.2) is 5.69 Å². The average molecular weight is 438 g/mol. The van der Waals surface area contributed by atoms with Gasteiger partial charge in [0.1, 0.15) is 0 Å². The molecule has 0 fully saturated rings. The maximum Gasteiger partial charge on any atom is 0.435 e. The Kier molecular flexibility index (Phi) is 5.68.